The van der Waals surface area contributed by atoms with Crippen molar-refractivity contribution in [2.45, 2.75) is 19.0 Å². The number of rotatable bonds is 2. The molecule has 1 aromatic rings. The first kappa shape index (κ1) is 13.5. The molecule has 0 spiro atoms. The number of carbonyl (C=O) groups excluding carboxylic acids is 1. The Labute approximate surface area is 107 Å². The Kier molecular flexibility index (Phi) is 3.50. The van der Waals surface area contributed by atoms with Gasteiger partial charge in [-0.2, -0.15) is 13.2 Å². The SMILES string of the molecule is Nc1ccc(C(F)(F)F)cc1C(=O)C1=COCCC1. The van der Waals surface area contributed by atoms with Crippen LogP contribution in [0, 0.1) is 0 Å². The molecule has 0 saturated heterocycles. The number of hydrogen-bond donors (Lipinski definition) is 1. The van der Waals surface area contributed by atoms with Gasteiger partial charge in [-0.15, -0.1) is 0 Å². The highest BCUT2D eigenvalue weighted by atomic mass is 19.4. The quantitative estimate of drug-likeness (QED) is 0.664. The molecule has 0 atom stereocenters. The van der Waals surface area contributed by atoms with E-state index in [0.717, 1.165) is 18.2 Å². The molecule has 0 saturated carbocycles. The normalized spacial score (nSPS) is 15.6. The molecule has 1 aliphatic rings. The summed E-state index contributed by atoms with van der Waals surface area (Å²) in [6.45, 7) is 0.509. The minimum Gasteiger partial charge on any atom is -0.501 e. The predicted molar refractivity (Wildman–Crippen MR) is 63.5 cm³/mol. The zero-order chi connectivity index (χ0) is 14.0. The van der Waals surface area contributed by atoms with Crippen LogP contribution in [0.2, 0.25) is 0 Å². The molecule has 1 heterocycles. The Balaban J connectivity index is 2.38. The van der Waals surface area contributed by atoms with Crippen LogP contribution in [0.3, 0.4) is 0 Å². The Morgan fingerprint density at radius 1 is 1.32 bits per heavy atom. The molecule has 0 fully saturated rings. The minimum atomic E-state index is -4.50. The minimum absolute atomic E-state index is 0.0319. The third kappa shape index (κ3) is 2.89. The van der Waals surface area contributed by atoms with Gasteiger partial charge in [0.25, 0.3) is 0 Å². The number of nitrogens with two attached hydrogens (primary N) is 1. The van der Waals surface area contributed by atoms with Gasteiger partial charge in [-0.05, 0) is 31.0 Å². The summed E-state index contributed by atoms with van der Waals surface area (Å²) < 4.78 is 42.9. The second-order valence-electron chi connectivity index (χ2n) is 4.25. The van der Waals surface area contributed by atoms with E-state index in [2.05, 4.69) is 0 Å². The first-order valence-corrected chi connectivity index (χ1v) is 5.71. The third-order valence-electron chi connectivity index (χ3n) is 2.85. The van der Waals surface area contributed by atoms with Gasteiger partial charge in [0.2, 0.25) is 0 Å². The van der Waals surface area contributed by atoms with Crippen LogP contribution in [0.4, 0.5) is 18.9 Å². The van der Waals surface area contributed by atoms with Crippen molar-refractivity contribution in [3.8, 4) is 0 Å². The fraction of sp³-hybridized carbons (Fsp3) is 0.308. The summed E-state index contributed by atoms with van der Waals surface area (Å²) in [5.74, 6) is -0.511. The second kappa shape index (κ2) is 4.95. The van der Waals surface area contributed by atoms with Gasteiger partial charge < -0.3 is 10.5 Å². The van der Waals surface area contributed by atoms with Crippen molar-refractivity contribution in [3.63, 3.8) is 0 Å². The highest BCUT2D eigenvalue weighted by molar-refractivity contribution is 6.11. The van der Waals surface area contributed by atoms with Crippen molar-refractivity contribution in [1.29, 1.82) is 0 Å². The number of ether oxygens (including phenoxy) is 1. The average molecular weight is 271 g/mol. The molecule has 0 unspecified atom stereocenters. The lowest BCUT2D eigenvalue weighted by atomic mass is 9.97. The summed E-state index contributed by atoms with van der Waals surface area (Å²) in [6, 6.07) is 2.74. The molecule has 0 amide bonds. The molecule has 0 radical (unpaired) electrons. The van der Waals surface area contributed by atoms with Crippen LogP contribution in [0.5, 0.6) is 0 Å². The van der Waals surface area contributed by atoms with Gasteiger partial charge in [-0.3, -0.25) is 4.79 Å². The number of hydrogen-bond acceptors (Lipinski definition) is 3. The van der Waals surface area contributed by atoms with Crippen LogP contribution in [0.15, 0.2) is 30.0 Å². The maximum atomic E-state index is 12.6. The molecule has 1 aliphatic heterocycles. The number of carbonyl (C=O) groups is 1. The van der Waals surface area contributed by atoms with Crippen LogP contribution < -0.4 is 5.73 Å². The molecule has 0 bridgehead atoms. The van der Waals surface area contributed by atoms with E-state index in [-0.39, 0.29) is 11.3 Å². The zero-order valence-electron chi connectivity index (χ0n) is 9.96. The summed E-state index contributed by atoms with van der Waals surface area (Å²) in [4.78, 5) is 12.1. The van der Waals surface area contributed by atoms with Crippen LogP contribution in [-0.2, 0) is 10.9 Å². The van der Waals surface area contributed by atoms with E-state index in [0.29, 0.717) is 25.0 Å². The molecule has 6 heteroatoms. The molecule has 0 aromatic heterocycles. The zero-order valence-corrected chi connectivity index (χ0v) is 9.96. The number of nitrogen functional groups attached to an aromatic ring is 1. The summed E-state index contributed by atoms with van der Waals surface area (Å²) in [5, 5.41) is 0. The Morgan fingerprint density at radius 3 is 2.63 bits per heavy atom. The monoisotopic (exact) mass is 271 g/mol. The van der Waals surface area contributed by atoms with Crippen LogP contribution in [0.1, 0.15) is 28.8 Å². The molecular formula is C13H12F3NO2. The summed E-state index contributed by atoms with van der Waals surface area (Å²) in [7, 11) is 0. The van der Waals surface area contributed by atoms with Crippen molar-refractivity contribution in [2.75, 3.05) is 12.3 Å². The Bertz CT molecular complexity index is 535. The van der Waals surface area contributed by atoms with E-state index in [9.17, 15) is 18.0 Å². The van der Waals surface area contributed by atoms with Gasteiger partial charge >= 0.3 is 6.18 Å². The van der Waals surface area contributed by atoms with Gasteiger partial charge in [0.1, 0.15) is 0 Å². The topological polar surface area (TPSA) is 52.3 Å². The van der Waals surface area contributed by atoms with E-state index < -0.39 is 17.5 Å². The Morgan fingerprint density at radius 2 is 2.05 bits per heavy atom. The van der Waals surface area contributed by atoms with Crippen LogP contribution >= 0.6 is 0 Å². The predicted octanol–water partition coefficient (Wildman–Crippen LogP) is 3.16. The first-order chi connectivity index (χ1) is 8.89. The molecule has 2 N–H and O–H groups in total. The number of halogens is 3. The number of benzene rings is 1. The maximum Gasteiger partial charge on any atom is 0.416 e. The summed E-state index contributed by atoms with van der Waals surface area (Å²) in [6.07, 6.45) is -2.06. The molecule has 2 rings (SSSR count). The number of Topliss-reactive ketones (excluding diaryl/α,β-unsaturated/α-hetero) is 1. The third-order valence-corrected chi connectivity index (χ3v) is 2.85. The number of ketones is 1. The molecular weight excluding hydrogens is 259 g/mol. The van der Waals surface area contributed by atoms with E-state index in [1.54, 1.807) is 0 Å². The molecule has 0 aliphatic carbocycles. The molecule has 102 valence electrons. The number of allylic oxidation sites excluding steroid dienone is 1. The Hall–Kier alpha value is -1.98. The fourth-order valence-electron chi connectivity index (χ4n) is 1.83. The standard InChI is InChI=1S/C13H12F3NO2/c14-13(15,16)9-3-4-11(17)10(6-9)12(18)8-2-1-5-19-7-8/h3-4,6-7H,1-2,5,17H2. The largest absolute Gasteiger partial charge is 0.501 e. The van der Waals surface area contributed by atoms with E-state index in [1.807, 2.05) is 0 Å². The maximum absolute atomic E-state index is 12.6. The van der Waals surface area contributed by atoms with Crippen LogP contribution in [0.25, 0.3) is 0 Å². The van der Waals surface area contributed by atoms with Crippen molar-refractivity contribution in [2.24, 2.45) is 0 Å². The number of anilines is 1. The summed E-state index contributed by atoms with van der Waals surface area (Å²) in [5.41, 5.74) is 4.94. The van der Waals surface area contributed by atoms with Crippen molar-refractivity contribution in [3.05, 3.63) is 41.2 Å². The average Bonchev–Trinajstić information content (AvgIpc) is 2.38. The molecule has 1 aromatic carbocycles. The van der Waals surface area contributed by atoms with Gasteiger partial charge in [0, 0.05) is 16.8 Å². The lowest BCUT2D eigenvalue weighted by molar-refractivity contribution is -0.137. The smallest absolute Gasteiger partial charge is 0.416 e. The fourth-order valence-corrected chi connectivity index (χ4v) is 1.83. The van der Waals surface area contributed by atoms with Crippen molar-refractivity contribution >= 4 is 11.5 Å². The molecule has 3 nitrogen and oxygen atoms in total. The van der Waals surface area contributed by atoms with Gasteiger partial charge in [-0.25, -0.2) is 0 Å². The van der Waals surface area contributed by atoms with Crippen molar-refractivity contribution < 1.29 is 22.7 Å². The second-order valence-corrected chi connectivity index (χ2v) is 4.25. The van der Waals surface area contributed by atoms with Gasteiger partial charge in [0.05, 0.1) is 18.4 Å². The van der Waals surface area contributed by atoms with E-state index >= 15 is 0 Å². The van der Waals surface area contributed by atoms with Crippen molar-refractivity contribution in [1.82, 2.24) is 0 Å². The van der Waals surface area contributed by atoms with E-state index in [4.69, 9.17) is 10.5 Å². The molecule has 19 heavy (non-hydrogen) atoms. The highest BCUT2D eigenvalue weighted by Gasteiger charge is 2.32. The lowest BCUT2D eigenvalue weighted by Gasteiger charge is -2.15. The first-order valence-electron chi connectivity index (χ1n) is 5.71. The highest BCUT2D eigenvalue weighted by Crippen LogP contribution is 2.32. The van der Waals surface area contributed by atoms with Crippen LogP contribution in [-0.4, -0.2) is 12.4 Å². The van der Waals surface area contributed by atoms with Gasteiger partial charge in [0.15, 0.2) is 5.78 Å². The van der Waals surface area contributed by atoms with E-state index in [1.165, 1.54) is 6.26 Å². The van der Waals surface area contributed by atoms with Gasteiger partial charge in [-0.1, -0.05) is 0 Å². The summed E-state index contributed by atoms with van der Waals surface area (Å²) >= 11 is 0. The number of alkyl halides is 3. The lowest BCUT2D eigenvalue weighted by Crippen LogP contribution is -2.13.